The lowest BCUT2D eigenvalue weighted by molar-refractivity contribution is -0.176. The van der Waals surface area contributed by atoms with Crippen LogP contribution in [0.4, 0.5) is 0 Å². The summed E-state index contributed by atoms with van der Waals surface area (Å²) in [5, 5.41) is 0. The molecule has 0 radical (unpaired) electrons. The monoisotopic (exact) mass is 289 g/mol. The van der Waals surface area contributed by atoms with Gasteiger partial charge in [-0.05, 0) is 47.8 Å². The Morgan fingerprint density at radius 1 is 0.842 bits per heavy atom. The van der Waals surface area contributed by atoms with E-state index in [1.807, 2.05) is 0 Å². The predicted molar refractivity (Wildman–Crippen MR) is 83.8 cm³/mol. The van der Waals surface area contributed by atoms with Crippen molar-refractivity contribution in [3.05, 3.63) is 0 Å². The van der Waals surface area contributed by atoms with Crippen LogP contribution < -0.4 is 4.89 Å². The summed E-state index contributed by atoms with van der Waals surface area (Å²) in [6.45, 7) is 17.1. The second-order valence-corrected chi connectivity index (χ2v) is 11.3. The molecule has 0 saturated carbocycles. The van der Waals surface area contributed by atoms with Gasteiger partial charge in [0.1, 0.15) is 0 Å². The molecule has 0 aromatic carbocycles. The maximum Gasteiger partial charge on any atom is 0.0153 e. The molecule has 0 aliphatic rings. The van der Waals surface area contributed by atoms with E-state index in [1.54, 1.807) is 0 Å². The maximum atomic E-state index is 12.3. The van der Waals surface area contributed by atoms with E-state index in [0.717, 1.165) is 12.8 Å². The van der Waals surface area contributed by atoms with Crippen molar-refractivity contribution in [2.45, 2.75) is 68.2 Å². The Balaban J connectivity index is 4.36. The van der Waals surface area contributed by atoms with E-state index in [1.165, 1.54) is 0 Å². The van der Waals surface area contributed by atoms with Crippen LogP contribution in [0.1, 0.15) is 68.2 Å². The van der Waals surface area contributed by atoms with E-state index >= 15 is 0 Å². The second-order valence-electron chi connectivity index (χ2n) is 8.92. The van der Waals surface area contributed by atoms with Gasteiger partial charge in [0.2, 0.25) is 0 Å². The number of rotatable bonds is 6. The Labute approximate surface area is 120 Å². The van der Waals surface area contributed by atoms with Crippen molar-refractivity contribution in [1.82, 2.24) is 0 Å². The minimum Gasteiger partial charge on any atom is -0.799 e. The molecule has 3 atom stereocenters. The van der Waals surface area contributed by atoms with Gasteiger partial charge in [0.05, 0.1) is 0 Å². The van der Waals surface area contributed by atoms with E-state index in [4.69, 9.17) is 0 Å². The highest BCUT2D eigenvalue weighted by Crippen LogP contribution is 2.43. The maximum absolute atomic E-state index is 12.3. The molecular formula is C16H34O2P-. The molecule has 0 heterocycles. The van der Waals surface area contributed by atoms with Crippen LogP contribution in [0.15, 0.2) is 0 Å². The number of hydrogen-bond donors (Lipinski definition) is 0. The third-order valence-electron chi connectivity index (χ3n) is 3.10. The minimum absolute atomic E-state index is 0.205. The van der Waals surface area contributed by atoms with Gasteiger partial charge < -0.3 is 9.46 Å². The molecule has 3 heteroatoms. The van der Waals surface area contributed by atoms with Gasteiger partial charge in [-0.15, -0.1) is 0 Å². The molecule has 0 amide bonds. The van der Waals surface area contributed by atoms with Crippen molar-refractivity contribution in [3.8, 4) is 0 Å². The summed E-state index contributed by atoms with van der Waals surface area (Å²) in [6, 6.07) is 0. The highest BCUT2D eigenvalue weighted by atomic mass is 31.2. The van der Waals surface area contributed by atoms with E-state index in [9.17, 15) is 9.46 Å². The van der Waals surface area contributed by atoms with Crippen molar-refractivity contribution in [2.75, 3.05) is 12.3 Å². The molecule has 1 unspecified atom stereocenters. The first kappa shape index (κ1) is 19.2. The third kappa shape index (κ3) is 11.7. The average Bonchev–Trinajstić information content (AvgIpc) is 1.89. The smallest absolute Gasteiger partial charge is 0.0153 e. The van der Waals surface area contributed by atoms with Gasteiger partial charge >= 0.3 is 0 Å². The molecule has 0 fully saturated rings. The van der Waals surface area contributed by atoms with Gasteiger partial charge in [0.15, 0.2) is 0 Å². The third-order valence-corrected chi connectivity index (χ3v) is 5.46. The normalized spacial score (nSPS) is 19.8. The van der Waals surface area contributed by atoms with E-state index < -0.39 is 7.37 Å². The summed E-state index contributed by atoms with van der Waals surface area (Å²) in [4.78, 5) is 12.3. The molecule has 0 N–H and O–H groups in total. The van der Waals surface area contributed by atoms with Crippen LogP contribution in [0.2, 0.25) is 0 Å². The summed E-state index contributed by atoms with van der Waals surface area (Å²) < 4.78 is 12.3. The van der Waals surface area contributed by atoms with Crippen LogP contribution in [0, 0.1) is 22.7 Å². The topological polar surface area (TPSA) is 40.1 Å². The van der Waals surface area contributed by atoms with Gasteiger partial charge in [-0.3, -0.25) is 0 Å². The van der Waals surface area contributed by atoms with Gasteiger partial charge in [-0.1, -0.05) is 55.4 Å². The quantitative estimate of drug-likeness (QED) is 0.661. The Morgan fingerprint density at radius 3 is 1.32 bits per heavy atom. The summed E-state index contributed by atoms with van der Waals surface area (Å²) in [6.07, 6.45) is 2.65. The van der Waals surface area contributed by atoms with E-state index in [0.29, 0.717) is 12.3 Å². The molecular weight excluding hydrogens is 255 g/mol. The largest absolute Gasteiger partial charge is 0.799 e. The lowest BCUT2D eigenvalue weighted by atomic mass is 9.86. The molecule has 2 nitrogen and oxygen atoms in total. The highest BCUT2D eigenvalue weighted by molar-refractivity contribution is 7.56. The van der Waals surface area contributed by atoms with E-state index in [-0.39, 0.29) is 22.7 Å². The average molecular weight is 289 g/mol. The molecule has 0 spiro atoms. The van der Waals surface area contributed by atoms with Crippen molar-refractivity contribution in [3.63, 3.8) is 0 Å². The lowest BCUT2D eigenvalue weighted by Crippen LogP contribution is -2.22. The number of hydrogen-bond acceptors (Lipinski definition) is 2. The van der Waals surface area contributed by atoms with Gasteiger partial charge in [0, 0.05) is 7.37 Å². The molecule has 0 aromatic rings. The fourth-order valence-corrected chi connectivity index (χ4v) is 5.55. The van der Waals surface area contributed by atoms with Crippen molar-refractivity contribution >= 4 is 7.37 Å². The summed E-state index contributed by atoms with van der Waals surface area (Å²) in [5.74, 6) is 0.510. The van der Waals surface area contributed by atoms with Gasteiger partial charge in [-0.25, -0.2) is 0 Å². The van der Waals surface area contributed by atoms with Crippen LogP contribution in [-0.2, 0) is 4.57 Å². The zero-order valence-electron chi connectivity index (χ0n) is 14.2. The first-order chi connectivity index (χ1) is 8.20. The van der Waals surface area contributed by atoms with Crippen LogP contribution in [-0.4, -0.2) is 12.3 Å². The summed E-state index contributed by atoms with van der Waals surface area (Å²) in [7, 11) is -3.23. The molecule has 0 aromatic heterocycles. The van der Waals surface area contributed by atoms with Crippen molar-refractivity contribution in [1.29, 1.82) is 0 Å². The Morgan fingerprint density at radius 2 is 1.11 bits per heavy atom. The van der Waals surface area contributed by atoms with Gasteiger partial charge in [-0.2, -0.15) is 0 Å². The SMILES string of the molecule is C[C@H](CC(C)(C)C)CP(=O)([O-])C[C@@H](C)CC(C)(C)C. The van der Waals surface area contributed by atoms with Crippen molar-refractivity contribution in [2.24, 2.45) is 22.7 Å². The van der Waals surface area contributed by atoms with Crippen LogP contribution in [0.25, 0.3) is 0 Å². The molecule has 0 saturated heterocycles. The first-order valence-electron chi connectivity index (χ1n) is 7.49. The first-order valence-corrected chi connectivity index (χ1v) is 9.49. The van der Waals surface area contributed by atoms with Crippen LogP contribution >= 0.6 is 7.37 Å². The molecule has 0 rings (SSSR count). The summed E-state index contributed by atoms with van der Waals surface area (Å²) in [5.41, 5.74) is 0.410. The molecule has 0 bridgehead atoms. The van der Waals surface area contributed by atoms with E-state index in [2.05, 4.69) is 55.4 Å². The minimum atomic E-state index is -3.23. The molecule has 0 aliphatic heterocycles. The van der Waals surface area contributed by atoms with Crippen LogP contribution in [0.3, 0.4) is 0 Å². The van der Waals surface area contributed by atoms with Gasteiger partial charge in [0.25, 0.3) is 0 Å². The molecule has 116 valence electrons. The second kappa shape index (κ2) is 6.76. The van der Waals surface area contributed by atoms with Crippen molar-refractivity contribution < 1.29 is 9.46 Å². The Hall–Kier alpha value is 0.190. The Bertz CT molecular complexity index is 282. The van der Waals surface area contributed by atoms with Crippen LogP contribution in [0.5, 0.6) is 0 Å². The predicted octanol–water partition coefficient (Wildman–Crippen LogP) is 4.77. The highest BCUT2D eigenvalue weighted by Gasteiger charge is 2.23. The zero-order valence-corrected chi connectivity index (χ0v) is 15.1. The fraction of sp³-hybridized carbons (Fsp3) is 1.00. The zero-order chi connectivity index (χ0) is 15.5. The summed E-state index contributed by atoms with van der Waals surface area (Å²) >= 11 is 0. The Kier molecular flexibility index (Phi) is 6.83. The standard InChI is InChI=1S/C16H35O2P/c1-13(9-15(3,4)5)11-19(17,18)12-14(2)10-16(6,7)8/h13-14H,9-12H2,1-8H3,(H,17,18)/p-1/t13-,14+. The fourth-order valence-electron chi connectivity index (χ4n) is 3.24. The molecule has 19 heavy (non-hydrogen) atoms. The lowest BCUT2D eigenvalue weighted by Gasteiger charge is -2.33. The molecule has 0 aliphatic carbocycles.